The average Bonchev–Trinajstić information content (AvgIpc) is 2.81. The van der Waals surface area contributed by atoms with Crippen LogP contribution in [0.2, 0.25) is 0 Å². The molecule has 3 N–H and O–H groups in total. The number of hydrogen-bond acceptors (Lipinski definition) is 6. The minimum Gasteiger partial charge on any atom is -0.497 e. The van der Waals surface area contributed by atoms with Crippen LogP contribution in [0.15, 0.2) is 42.5 Å². The minimum atomic E-state index is -0.591. The largest absolute Gasteiger partial charge is 0.497 e. The van der Waals surface area contributed by atoms with Crippen molar-refractivity contribution in [3.8, 4) is 5.75 Å². The van der Waals surface area contributed by atoms with E-state index in [9.17, 15) is 14.0 Å². The monoisotopic (exact) mass is 457 g/mol. The third-order valence-corrected chi connectivity index (χ3v) is 6.09. The van der Waals surface area contributed by atoms with Gasteiger partial charge in [0.1, 0.15) is 11.6 Å². The zero-order valence-corrected chi connectivity index (χ0v) is 18.5. The smallest absolute Gasteiger partial charge is 0.324 e. The summed E-state index contributed by atoms with van der Waals surface area (Å²) in [5, 5.41) is 0. The predicted octanol–water partition coefficient (Wildman–Crippen LogP) is 1.58. The highest BCUT2D eigenvalue weighted by atomic mass is 19.1. The quantitative estimate of drug-likeness (QED) is 0.388. The number of benzene rings is 2. The van der Waals surface area contributed by atoms with Gasteiger partial charge in [0.25, 0.3) is 5.91 Å². The summed E-state index contributed by atoms with van der Waals surface area (Å²) < 4.78 is 25.4. The van der Waals surface area contributed by atoms with Gasteiger partial charge < -0.3 is 14.4 Å². The fraction of sp³-hybridized carbons (Fsp3) is 0.391. The number of nitrogens with zero attached hydrogens (tertiary/aromatic N) is 3. The first kappa shape index (κ1) is 23.0. The van der Waals surface area contributed by atoms with Crippen molar-refractivity contribution in [3.05, 3.63) is 59.4 Å². The highest BCUT2D eigenvalue weighted by Crippen LogP contribution is 2.26. The Morgan fingerprint density at radius 1 is 1.18 bits per heavy atom. The lowest BCUT2D eigenvalue weighted by Crippen LogP contribution is -2.59. The van der Waals surface area contributed by atoms with Crippen molar-refractivity contribution in [2.45, 2.75) is 12.6 Å². The molecule has 0 bridgehead atoms. The van der Waals surface area contributed by atoms with Crippen LogP contribution in [-0.2, 0) is 11.3 Å². The first-order chi connectivity index (χ1) is 16.0. The number of hydrogen-bond donors (Lipinski definition) is 2. The van der Waals surface area contributed by atoms with Gasteiger partial charge in [-0.05, 0) is 24.3 Å². The number of halogens is 1. The number of rotatable bonds is 6. The number of piperazine rings is 1. The summed E-state index contributed by atoms with van der Waals surface area (Å²) in [6.07, 6.45) is 0. The van der Waals surface area contributed by atoms with Crippen LogP contribution < -0.4 is 20.9 Å². The molecule has 2 aromatic rings. The van der Waals surface area contributed by atoms with E-state index in [1.54, 1.807) is 36.3 Å². The molecular weight excluding hydrogens is 429 g/mol. The molecule has 3 amide bonds. The zero-order chi connectivity index (χ0) is 23.4. The van der Waals surface area contributed by atoms with Crippen LogP contribution in [0.3, 0.4) is 0 Å². The van der Waals surface area contributed by atoms with Gasteiger partial charge in [0.2, 0.25) is 0 Å². The van der Waals surface area contributed by atoms with Crippen LogP contribution >= 0.6 is 0 Å². The normalized spacial score (nSPS) is 16.8. The Hall–Kier alpha value is -3.21. The number of nitrogen functional groups attached to an aromatic ring is 1. The highest BCUT2D eigenvalue weighted by molar-refractivity contribution is 5.94. The number of carbonyl (C=O) groups excluding carboxylic acids is 2. The van der Waals surface area contributed by atoms with E-state index in [1.807, 2.05) is 5.43 Å². The van der Waals surface area contributed by atoms with Gasteiger partial charge in [-0.2, -0.15) is 0 Å². The second kappa shape index (κ2) is 10.2. The minimum absolute atomic E-state index is 0.000955. The lowest BCUT2D eigenvalue weighted by atomic mass is 10.1. The van der Waals surface area contributed by atoms with Crippen molar-refractivity contribution in [3.63, 3.8) is 0 Å². The molecule has 2 saturated heterocycles. The van der Waals surface area contributed by atoms with Gasteiger partial charge in [-0.1, -0.05) is 12.1 Å². The number of methoxy groups -OCH3 is 1. The fourth-order valence-electron chi connectivity index (χ4n) is 4.00. The molecule has 2 heterocycles. The van der Waals surface area contributed by atoms with E-state index < -0.39 is 11.7 Å². The van der Waals surface area contributed by atoms with Gasteiger partial charge in [0.05, 0.1) is 32.9 Å². The summed E-state index contributed by atoms with van der Waals surface area (Å²) in [5.74, 6) is 4.55. The van der Waals surface area contributed by atoms with Crippen LogP contribution in [0, 0.1) is 5.82 Å². The van der Waals surface area contributed by atoms with Crippen LogP contribution in [0.25, 0.3) is 0 Å². The van der Waals surface area contributed by atoms with E-state index in [1.165, 1.54) is 17.0 Å². The number of nitrogens with one attached hydrogen (secondary N) is 1. The van der Waals surface area contributed by atoms with Crippen molar-refractivity contribution < 1.29 is 23.5 Å². The van der Waals surface area contributed by atoms with Gasteiger partial charge in [-0.25, -0.2) is 15.0 Å². The molecule has 4 rings (SSSR count). The maximum absolute atomic E-state index is 14.8. The molecule has 0 atom stereocenters. The fourth-order valence-corrected chi connectivity index (χ4v) is 4.00. The predicted molar refractivity (Wildman–Crippen MR) is 120 cm³/mol. The van der Waals surface area contributed by atoms with E-state index >= 15 is 0 Å². The SMILES string of the molecule is COc1cccc(N(Cc2ccc(C(=O)NN)cc2F)C(=O)N2CCN(C3COC3)CC2)c1. The van der Waals surface area contributed by atoms with Gasteiger partial charge in [-0.3, -0.25) is 20.0 Å². The van der Waals surface area contributed by atoms with Crippen molar-refractivity contribution in [2.75, 3.05) is 51.4 Å². The molecule has 2 aliphatic rings. The summed E-state index contributed by atoms with van der Waals surface area (Å²) in [7, 11) is 1.55. The topological polar surface area (TPSA) is 100 Å². The Morgan fingerprint density at radius 3 is 2.55 bits per heavy atom. The lowest BCUT2D eigenvalue weighted by Gasteiger charge is -2.43. The zero-order valence-electron chi connectivity index (χ0n) is 18.5. The molecular formula is C23H28FN5O4. The van der Waals surface area contributed by atoms with Crippen molar-refractivity contribution >= 4 is 17.6 Å². The molecule has 0 saturated carbocycles. The van der Waals surface area contributed by atoms with Gasteiger partial charge in [0, 0.05) is 49.1 Å². The Balaban J connectivity index is 1.56. The first-order valence-corrected chi connectivity index (χ1v) is 10.8. The molecule has 0 radical (unpaired) electrons. The summed E-state index contributed by atoms with van der Waals surface area (Å²) in [4.78, 5) is 30.9. The van der Waals surface area contributed by atoms with Crippen molar-refractivity contribution in [1.29, 1.82) is 0 Å². The third kappa shape index (κ3) is 5.08. The molecule has 33 heavy (non-hydrogen) atoms. The number of nitrogens with two attached hydrogens (primary N) is 1. The molecule has 0 aliphatic carbocycles. The molecule has 9 nitrogen and oxygen atoms in total. The van der Waals surface area contributed by atoms with E-state index in [4.69, 9.17) is 15.3 Å². The van der Waals surface area contributed by atoms with E-state index in [2.05, 4.69) is 4.90 Å². The Kier molecular flexibility index (Phi) is 7.07. The number of amides is 3. The van der Waals surface area contributed by atoms with E-state index in [0.29, 0.717) is 30.6 Å². The third-order valence-electron chi connectivity index (χ3n) is 6.09. The van der Waals surface area contributed by atoms with Crippen LogP contribution in [-0.4, -0.2) is 74.3 Å². The maximum Gasteiger partial charge on any atom is 0.324 e. The Morgan fingerprint density at radius 2 is 1.94 bits per heavy atom. The molecule has 2 aliphatic heterocycles. The summed E-state index contributed by atoms with van der Waals surface area (Å²) in [5.41, 5.74) is 2.97. The molecule has 0 aromatic heterocycles. The molecule has 10 heteroatoms. The second-order valence-electron chi connectivity index (χ2n) is 8.06. The second-order valence-corrected chi connectivity index (χ2v) is 8.06. The highest BCUT2D eigenvalue weighted by Gasteiger charge is 2.32. The number of hydrazine groups is 1. The van der Waals surface area contributed by atoms with Crippen LogP contribution in [0.1, 0.15) is 15.9 Å². The standard InChI is InChI=1S/C23H28FN5O4/c1-32-20-4-2-3-18(12-20)29(13-17-6-5-16(11-21(17)24)22(30)26-25)23(31)28-9-7-27(8-10-28)19-14-33-15-19/h2-6,11-12,19H,7-10,13-15,25H2,1H3,(H,26,30). The molecule has 176 valence electrons. The number of carbonyl (C=O) groups is 2. The van der Waals surface area contributed by atoms with E-state index in [-0.39, 0.29) is 23.7 Å². The van der Waals surface area contributed by atoms with Crippen LogP contribution in [0.5, 0.6) is 5.75 Å². The first-order valence-electron chi connectivity index (χ1n) is 10.8. The Labute approximate surface area is 191 Å². The van der Waals surface area contributed by atoms with Crippen molar-refractivity contribution in [2.24, 2.45) is 5.84 Å². The molecule has 0 unspecified atom stereocenters. The molecule has 2 aromatic carbocycles. The maximum atomic E-state index is 14.8. The van der Waals surface area contributed by atoms with Crippen LogP contribution in [0.4, 0.5) is 14.9 Å². The molecule has 2 fully saturated rings. The van der Waals surface area contributed by atoms with Gasteiger partial charge in [0.15, 0.2) is 0 Å². The average molecular weight is 458 g/mol. The van der Waals surface area contributed by atoms with Gasteiger partial charge >= 0.3 is 6.03 Å². The summed E-state index contributed by atoms with van der Waals surface area (Å²) >= 11 is 0. The lowest BCUT2D eigenvalue weighted by molar-refractivity contribution is -0.0738. The summed E-state index contributed by atoms with van der Waals surface area (Å²) in [6, 6.07) is 11.4. The van der Waals surface area contributed by atoms with E-state index in [0.717, 1.165) is 32.4 Å². The number of urea groups is 1. The number of ether oxygens (including phenoxy) is 2. The number of anilines is 1. The van der Waals surface area contributed by atoms with Crippen molar-refractivity contribution in [1.82, 2.24) is 15.2 Å². The molecule has 0 spiro atoms. The summed E-state index contributed by atoms with van der Waals surface area (Å²) in [6.45, 7) is 4.16. The van der Waals surface area contributed by atoms with Gasteiger partial charge in [-0.15, -0.1) is 0 Å². The Bertz CT molecular complexity index is 1010.